The highest BCUT2D eigenvalue weighted by molar-refractivity contribution is 5.78. The summed E-state index contributed by atoms with van der Waals surface area (Å²) in [5.74, 6) is 0.958. The maximum absolute atomic E-state index is 12.3. The summed E-state index contributed by atoms with van der Waals surface area (Å²) in [4.78, 5) is 14.1. The predicted octanol–water partition coefficient (Wildman–Crippen LogP) is 3.59. The number of hydrogen-bond acceptors (Lipinski definition) is 2. The van der Waals surface area contributed by atoms with Crippen LogP contribution in [0.25, 0.3) is 0 Å². The maximum Gasteiger partial charge on any atom is 0.227 e. The summed E-state index contributed by atoms with van der Waals surface area (Å²) in [6.45, 7) is 5.32. The Kier molecular flexibility index (Phi) is 5.59. The highest BCUT2D eigenvalue weighted by Crippen LogP contribution is 2.14. The molecule has 0 radical (unpaired) electrons. The molecule has 2 aromatic rings. The largest absolute Gasteiger partial charge is 0.494 e. The van der Waals surface area contributed by atoms with E-state index in [1.54, 1.807) is 4.90 Å². The van der Waals surface area contributed by atoms with Gasteiger partial charge in [-0.15, -0.1) is 0 Å². The number of ether oxygens (including phenoxy) is 1. The summed E-state index contributed by atoms with van der Waals surface area (Å²) in [6, 6.07) is 15.9. The molecule has 0 spiro atoms. The molecule has 0 fully saturated rings. The van der Waals surface area contributed by atoms with Gasteiger partial charge in [-0.05, 0) is 42.7 Å². The number of rotatable bonds is 6. The minimum absolute atomic E-state index is 0.118. The third-order valence-electron chi connectivity index (χ3n) is 3.68. The van der Waals surface area contributed by atoms with Crippen molar-refractivity contribution in [3.8, 4) is 5.75 Å². The molecule has 0 saturated carbocycles. The number of amides is 1. The van der Waals surface area contributed by atoms with E-state index in [9.17, 15) is 4.79 Å². The molecule has 0 bridgehead atoms. The number of nitrogens with zero attached hydrogens (tertiary/aromatic N) is 1. The fourth-order valence-corrected chi connectivity index (χ4v) is 2.31. The highest BCUT2D eigenvalue weighted by Gasteiger charge is 2.11. The Balaban J connectivity index is 1.95. The van der Waals surface area contributed by atoms with Gasteiger partial charge >= 0.3 is 0 Å². The smallest absolute Gasteiger partial charge is 0.227 e. The third kappa shape index (κ3) is 4.35. The van der Waals surface area contributed by atoms with Crippen LogP contribution in [0.2, 0.25) is 0 Å². The van der Waals surface area contributed by atoms with E-state index >= 15 is 0 Å². The van der Waals surface area contributed by atoms with E-state index in [1.165, 1.54) is 11.1 Å². The fourth-order valence-electron chi connectivity index (χ4n) is 2.31. The molecular weight excluding hydrogens is 274 g/mol. The fraction of sp³-hybridized carbons (Fsp3) is 0.316. The van der Waals surface area contributed by atoms with Crippen LogP contribution >= 0.6 is 0 Å². The average molecular weight is 297 g/mol. The van der Waals surface area contributed by atoms with Gasteiger partial charge in [-0.1, -0.05) is 36.4 Å². The first-order valence-electron chi connectivity index (χ1n) is 7.60. The second kappa shape index (κ2) is 7.64. The first-order chi connectivity index (χ1) is 10.6. The van der Waals surface area contributed by atoms with Crippen LogP contribution in [-0.2, 0) is 17.8 Å². The van der Waals surface area contributed by atoms with Crippen molar-refractivity contribution >= 4 is 5.91 Å². The molecule has 0 aliphatic rings. The summed E-state index contributed by atoms with van der Waals surface area (Å²) < 4.78 is 5.41. The predicted molar refractivity (Wildman–Crippen MR) is 89.0 cm³/mol. The Labute approximate surface area is 132 Å². The molecule has 116 valence electrons. The van der Waals surface area contributed by atoms with Crippen molar-refractivity contribution in [3.05, 3.63) is 65.2 Å². The van der Waals surface area contributed by atoms with Crippen LogP contribution in [0.15, 0.2) is 48.5 Å². The second-order valence-electron chi connectivity index (χ2n) is 5.43. The monoisotopic (exact) mass is 297 g/mol. The quantitative estimate of drug-likeness (QED) is 0.815. The molecular formula is C19H23NO2. The van der Waals surface area contributed by atoms with E-state index in [1.807, 2.05) is 50.4 Å². The van der Waals surface area contributed by atoms with E-state index in [0.717, 1.165) is 11.3 Å². The summed E-state index contributed by atoms with van der Waals surface area (Å²) in [7, 11) is 1.85. The summed E-state index contributed by atoms with van der Waals surface area (Å²) >= 11 is 0. The molecule has 22 heavy (non-hydrogen) atoms. The minimum Gasteiger partial charge on any atom is -0.494 e. The average Bonchev–Trinajstić information content (AvgIpc) is 2.51. The molecule has 2 aromatic carbocycles. The van der Waals surface area contributed by atoms with Gasteiger partial charge in [-0.3, -0.25) is 4.79 Å². The molecule has 3 heteroatoms. The van der Waals surface area contributed by atoms with Gasteiger partial charge in [0.1, 0.15) is 5.75 Å². The van der Waals surface area contributed by atoms with E-state index in [2.05, 4.69) is 19.1 Å². The van der Waals surface area contributed by atoms with Gasteiger partial charge in [0.2, 0.25) is 5.91 Å². The van der Waals surface area contributed by atoms with E-state index in [0.29, 0.717) is 19.6 Å². The summed E-state index contributed by atoms with van der Waals surface area (Å²) in [5.41, 5.74) is 3.40. The zero-order valence-corrected chi connectivity index (χ0v) is 13.5. The Morgan fingerprint density at radius 2 is 1.77 bits per heavy atom. The standard InChI is InChI=1S/C19H23NO2/c1-4-22-18-11-9-16(10-12-18)13-19(21)20(3)14-17-8-6-5-7-15(17)2/h5-12H,4,13-14H2,1-3H3. The number of aryl methyl sites for hydroxylation is 1. The Hall–Kier alpha value is -2.29. The van der Waals surface area contributed by atoms with Crippen LogP contribution in [0.1, 0.15) is 23.6 Å². The molecule has 2 rings (SSSR count). The normalized spacial score (nSPS) is 10.3. The number of benzene rings is 2. The summed E-state index contributed by atoms with van der Waals surface area (Å²) in [6.07, 6.45) is 0.411. The molecule has 0 atom stereocenters. The molecule has 0 aliphatic heterocycles. The Bertz CT molecular complexity index is 620. The number of likely N-dealkylation sites (N-methyl/N-ethyl adjacent to an activating group) is 1. The number of carbonyl (C=O) groups excluding carboxylic acids is 1. The molecule has 0 aliphatic carbocycles. The maximum atomic E-state index is 12.3. The van der Waals surface area contributed by atoms with Gasteiger partial charge in [-0.2, -0.15) is 0 Å². The van der Waals surface area contributed by atoms with Crippen LogP contribution in [0.5, 0.6) is 5.75 Å². The molecule has 0 saturated heterocycles. The topological polar surface area (TPSA) is 29.5 Å². The zero-order chi connectivity index (χ0) is 15.9. The van der Waals surface area contributed by atoms with Gasteiger partial charge in [0.05, 0.1) is 13.0 Å². The van der Waals surface area contributed by atoms with Gasteiger partial charge in [0.15, 0.2) is 0 Å². The van der Waals surface area contributed by atoms with Gasteiger partial charge in [-0.25, -0.2) is 0 Å². The van der Waals surface area contributed by atoms with Crippen molar-refractivity contribution in [2.45, 2.75) is 26.8 Å². The van der Waals surface area contributed by atoms with E-state index in [-0.39, 0.29) is 5.91 Å². The summed E-state index contributed by atoms with van der Waals surface area (Å²) in [5, 5.41) is 0. The van der Waals surface area contributed by atoms with Gasteiger partial charge < -0.3 is 9.64 Å². The van der Waals surface area contributed by atoms with Crippen molar-refractivity contribution in [2.75, 3.05) is 13.7 Å². The zero-order valence-electron chi connectivity index (χ0n) is 13.5. The SMILES string of the molecule is CCOc1ccc(CC(=O)N(C)Cc2ccccc2C)cc1. The van der Waals surface area contributed by atoms with Crippen LogP contribution in [0.3, 0.4) is 0 Å². The molecule has 1 amide bonds. The van der Waals surface area contributed by atoms with E-state index < -0.39 is 0 Å². The van der Waals surface area contributed by atoms with Crippen LogP contribution < -0.4 is 4.74 Å². The van der Waals surface area contributed by atoms with Crippen LogP contribution in [-0.4, -0.2) is 24.5 Å². The van der Waals surface area contributed by atoms with Crippen molar-refractivity contribution in [1.82, 2.24) is 4.90 Å². The van der Waals surface area contributed by atoms with Crippen molar-refractivity contribution in [3.63, 3.8) is 0 Å². The highest BCUT2D eigenvalue weighted by atomic mass is 16.5. The van der Waals surface area contributed by atoms with Crippen molar-refractivity contribution in [2.24, 2.45) is 0 Å². The van der Waals surface area contributed by atoms with Crippen LogP contribution in [0.4, 0.5) is 0 Å². The lowest BCUT2D eigenvalue weighted by atomic mass is 10.1. The number of carbonyl (C=O) groups is 1. The molecule has 0 aromatic heterocycles. The molecule has 0 unspecified atom stereocenters. The van der Waals surface area contributed by atoms with Gasteiger partial charge in [0, 0.05) is 13.6 Å². The van der Waals surface area contributed by atoms with Crippen molar-refractivity contribution in [1.29, 1.82) is 0 Å². The minimum atomic E-state index is 0.118. The first kappa shape index (κ1) is 16.1. The Morgan fingerprint density at radius 1 is 1.09 bits per heavy atom. The van der Waals surface area contributed by atoms with E-state index in [4.69, 9.17) is 4.74 Å². The second-order valence-corrected chi connectivity index (χ2v) is 5.43. The van der Waals surface area contributed by atoms with Crippen LogP contribution in [0, 0.1) is 6.92 Å². The third-order valence-corrected chi connectivity index (χ3v) is 3.68. The molecule has 0 heterocycles. The molecule has 0 N–H and O–H groups in total. The first-order valence-corrected chi connectivity index (χ1v) is 7.60. The van der Waals surface area contributed by atoms with Crippen molar-refractivity contribution < 1.29 is 9.53 Å². The lowest BCUT2D eigenvalue weighted by Crippen LogP contribution is -2.28. The number of hydrogen-bond donors (Lipinski definition) is 0. The lowest BCUT2D eigenvalue weighted by molar-refractivity contribution is -0.129. The molecule has 3 nitrogen and oxygen atoms in total. The lowest BCUT2D eigenvalue weighted by Gasteiger charge is -2.18. The Morgan fingerprint density at radius 3 is 2.41 bits per heavy atom. The van der Waals surface area contributed by atoms with Gasteiger partial charge in [0.25, 0.3) is 0 Å².